The third-order valence-corrected chi connectivity index (χ3v) is 10.9. The van der Waals surface area contributed by atoms with Crippen LogP contribution in [0.2, 0.25) is 0 Å². The van der Waals surface area contributed by atoms with E-state index >= 15 is 13.2 Å². The van der Waals surface area contributed by atoms with Crippen molar-refractivity contribution in [3.63, 3.8) is 0 Å². The first-order valence-corrected chi connectivity index (χ1v) is 20.7. The molecule has 16 nitrogen and oxygen atoms in total. The number of nitrogens with two attached hydrogens (primary N) is 2. The zero-order valence-electron chi connectivity index (χ0n) is 36.3. The molecule has 0 amide bonds. The summed E-state index contributed by atoms with van der Waals surface area (Å²) in [5, 5.41) is 38.4. The standard InChI is InChI=1S/C47H47F3N10O6/c1-4-57(38-16-8-34(9-17-38)53-55-36-12-20-40(21-13-36)59(61)62)26-28-65-44-24-6-32(30-42(44)51)46(3,47(48,49)50)33-7-25-45(43(52)31-33)66-29-27-58(5-2)39-18-10-35(11-19-39)54-56-37-14-22-41(23-15-37)60(63)64/h6-25,30-31H,4-5,26-29,51-52H2,1-3H3. The molecule has 0 unspecified atom stereocenters. The fourth-order valence-electron chi connectivity index (χ4n) is 6.92. The lowest BCUT2D eigenvalue weighted by molar-refractivity contribution is -0.385. The van der Waals surface area contributed by atoms with Crippen LogP contribution in [0, 0.1) is 20.2 Å². The number of rotatable bonds is 20. The van der Waals surface area contributed by atoms with Crippen LogP contribution in [0.25, 0.3) is 0 Å². The minimum Gasteiger partial charge on any atom is -0.490 e. The van der Waals surface area contributed by atoms with Gasteiger partial charge in [-0.1, -0.05) is 12.1 Å². The van der Waals surface area contributed by atoms with Gasteiger partial charge in [-0.3, -0.25) is 20.2 Å². The van der Waals surface area contributed by atoms with Crippen LogP contribution >= 0.6 is 0 Å². The average Bonchev–Trinajstić information content (AvgIpc) is 3.31. The van der Waals surface area contributed by atoms with Crippen molar-refractivity contribution in [2.75, 3.05) is 60.7 Å². The van der Waals surface area contributed by atoms with Crippen molar-refractivity contribution >= 4 is 56.9 Å². The first-order valence-electron chi connectivity index (χ1n) is 20.7. The van der Waals surface area contributed by atoms with Crippen molar-refractivity contribution in [3.8, 4) is 11.5 Å². The number of azo groups is 2. The molecule has 0 aliphatic heterocycles. The lowest BCUT2D eigenvalue weighted by Gasteiger charge is -2.34. The Morgan fingerprint density at radius 2 is 0.864 bits per heavy atom. The molecular weight excluding hydrogens is 858 g/mol. The van der Waals surface area contributed by atoms with E-state index in [4.69, 9.17) is 20.9 Å². The Morgan fingerprint density at radius 1 is 0.545 bits per heavy atom. The fraction of sp³-hybridized carbons (Fsp3) is 0.234. The number of ether oxygens (including phenoxy) is 2. The quantitative estimate of drug-likeness (QED) is 0.0320. The van der Waals surface area contributed by atoms with Crippen molar-refractivity contribution in [1.29, 1.82) is 0 Å². The molecular formula is C47H47F3N10O6. The van der Waals surface area contributed by atoms with Gasteiger partial charge in [0.15, 0.2) is 0 Å². The number of hydrogen-bond acceptors (Lipinski definition) is 14. The molecule has 0 aliphatic carbocycles. The van der Waals surface area contributed by atoms with Crippen LogP contribution in [0.3, 0.4) is 0 Å². The van der Waals surface area contributed by atoms with Crippen LogP contribution in [0.4, 0.5) is 70.0 Å². The van der Waals surface area contributed by atoms with E-state index in [1.807, 2.05) is 47.9 Å². The van der Waals surface area contributed by atoms with Gasteiger partial charge in [0.25, 0.3) is 11.4 Å². The van der Waals surface area contributed by atoms with Crippen LogP contribution in [0.15, 0.2) is 154 Å². The molecule has 0 aliphatic rings. The van der Waals surface area contributed by atoms with E-state index < -0.39 is 21.4 Å². The number of non-ortho nitro benzene ring substituents is 2. The van der Waals surface area contributed by atoms with Crippen LogP contribution in [0.5, 0.6) is 11.5 Å². The van der Waals surface area contributed by atoms with Gasteiger partial charge < -0.3 is 30.7 Å². The highest BCUT2D eigenvalue weighted by Crippen LogP contribution is 2.48. The largest absolute Gasteiger partial charge is 0.490 e. The monoisotopic (exact) mass is 904 g/mol. The summed E-state index contributed by atoms with van der Waals surface area (Å²) < 4.78 is 57.1. The second-order valence-corrected chi connectivity index (χ2v) is 15.0. The van der Waals surface area contributed by atoms with Gasteiger partial charge in [0, 0.05) is 48.7 Å². The molecule has 342 valence electrons. The summed E-state index contributed by atoms with van der Waals surface area (Å²) in [5.74, 6) is 0.485. The predicted molar refractivity (Wildman–Crippen MR) is 248 cm³/mol. The summed E-state index contributed by atoms with van der Waals surface area (Å²) in [5.41, 5.74) is 13.8. The van der Waals surface area contributed by atoms with Crippen LogP contribution in [-0.4, -0.2) is 55.4 Å². The molecule has 6 rings (SSSR count). The fourth-order valence-corrected chi connectivity index (χ4v) is 6.92. The van der Waals surface area contributed by atoms with E-state index in [1.165, 1.54) is 84.9 Å². The Labute approximate surface area is 378 Å². The SMILES string of the molecule is CCN(CCOc1ccc(C(C)(c2ccc(OCCN(CC)c3ccc(N=Nc4ccc([N+](=O)[O-])cc4)cc3)c(N)c2)C(F)(F)F)cc1N)c1ccc(N=Nc2ccc([N+](=O)[O-])cc2)cc1. The van der Waals surface area contributed by atoms with Crippen molar-refractivity contribution < 1.29 is 32.5 Å². The van der Waals surface area contributed by atoms with Crippen molar-refractivity contribution in [3.05, 3.63) is 165 Å². The van der Waals surface area contributed by atoms with E-state index in [9.17, 15) is 20.2 Å². The van der Waals surface area contributed by atoms with Gasteiger partial charge in [0.2, 0.25) is 0 Å². The maximum Gasteiger partial charge on any atom is 0.402 e. The molecule has 0 aromatic heterocycles. The van der Waals surface area contributed by atoms with Crippen molar-refractivity contribution in [2.45, 2.75) is 32.4 Å². The maximum absolute atomic E-state index is 15.1. The summed E-state index contributed by atoms with van der Waals surface area (Å²) in [7, 11) is 0. The maximum atomic E-state index is 15.1. The normalized spacial score (nSPS) is 12.5. The number of alkyl halides is 3. The molecule has 0 atom stereocenters. The number of nitrogens with zero attached hydrogens (tertiary/aromatic N) is 8. The van der Waals surface area contributed by atoms with Gasteiger partial charge in [0.1, 0.15) is 30.1 Å². The number of likely N-dealkylation sites (N-methyl/N-ethyl adjacent to an activating group) is 2. The molecule has 6 aromatic rings. The zero-order chi connectivity index (χ0) is 47.4. The number of benzene rings is 6. The molecule has 0 heterocycles. The van der Waals surface area contributed by atoms with Crippen LogP contribution < -0.4 is 30.7 Å². The number of nitro benzene ring substituents is 2. The van der Waals surface area contributed by atoms with Crippen LogP contribution in [-0.2, 0) is 5.41 Å². The number of halogens is 3. The molecule has 4 N–H and O–H groups in total. The summed E-state index contributed by atoms with van der Waals surface area (Å²) in [6.45, 7) is 7.58. The summed E-state index contributed by atoms with van der Waals surface area (Å²) in [4.78, 5) is 24.9. The number of hydrogen-bond donors (Lipinski definition) is 2. The zero-order valence-corrected chi connectivity index (χ0v) is 36.3. The molecule has 0 spiro atoms. The second kappa shape index (κ2) is 21.1. The topological polar surface area (TPSA) is 213 Å². The molecule has 19 heteroatoms. The van der Waals surface area contributed by atoms with E-state index in [2.05, 4.69) is 20.5 Å². The Bertz CT molecular complexity index is 2490. The van der Waals surface area contributed by atoms with Gasteiger partial charge in [-0.2, -0.15) is 33.6 Å². The number of nitrogen functional groups attached to an aromatic ring is 2. The van der Waals surface area contributed by atoms with Gasteiger partial charge >= 0.3 is 6.18 Å². The molecule has 0 fully saturated rings. The highest BCUT2D eigenvalue weighted by Gasteiger charge is 2.53. The molecule has 0 radical (unpaired) electrons. The number of nitro groups is 2. The van der Waals surface area contributed by atoms with Gasteiger partial charge in [-0.15, -0.1) is 0 Å². The minimum absolute atomic E-state index is 0.0381. The first kappa shape index (κ1) is 47.4. The van der Waals surface area contributed by atoms with E-state index in [-0.39, 0.29) is 58.6 Å². The van der Waals surface area contributed by atoms with Gasteiger partial charge in [0.05, 0.1) is 57.1 Å². The van der Waals surface area contributed by atoms with Gasteiger partial charge in [-0.05, 0) is 129 Å². The Hall–Kier alpha value is -8.09. The van der Waals surface area contributed by atoms with Crippen molar-refractivity contribution in [2.24, 2.45) is 20.5 Å². The first-order chi connectivity index (χ1) is 31.6. The predicted octanol–water partition coefficient (Wildman–Crippen LogP) is 12.2. The van der Waals surface area contributed by atoms with E-state index in [1.54, 1.807) is 24.3 Å². The lowest BCUT2D eigenvalue weighted by Crippen LogP contribution is -2.40. The molecule has 66 heavy (non-hydrogen) atoms. The average molecular weight is 905 g/mol. The van der Waals surface area contributed by atoms with Gasteiger partial charge in [-0.25, -0.2) is 0 Å². The summed E-state index contributed by atoms with van der Waals surface area (Å²) in [6.07, 6.45) is -4.73. The highest BCUT2D eigenvalue weighted by molar-refractivity contribution is 5.61. The Balaban J connectivity index is 1.04. The minimum atomic E-state index is -4.73. The molecule has 0 saturated heterocycles. The molecule has 6 aromatic carbocycles. The third-order valence-electron chi connectivity index (χ3n) is 10.9. The third kappa shape index (κ3) is 11.5. The van der Waals surface area contributed by atoms with E-state index in [0.29, 0.717) is 48.9 Å². The number of anilines is 4. The lowest BCUT2D eigenvalue weighted by atomic mass is 9.75. The van der Waals surface area contributed by atoms with E-state index in [0.717, 1.165) is 18.3 Å². The molecule has 0 saturated carbocycles. The second-order valence-electron chi connectivity index (χ2n) is 15.0. The highest BCUT2D eigenvalue weighted by atomic mass is 19.4. The molecule has 0 bridgehead atoms. The van der Waals surface area contributed by atoms with Crippen molar-refractivity contribution in [1.82, 2.24) is 0 Å². The van der Waals surface area contributed by atoms with Crippen LogP contribution in [0.1, 0.15) is 31.9 Å². The Morgan fingerprint density at radius 3 is 1.14 bits per heavy atom. The Kier molecular flexibility index (Phi) is 15.1. The summed E-state index contributed by atoms with van der Waals surface area (Å²) >= 11 is 0. The summed E-state index contributed by atoms with van der Waals surface area (Å²) in [6, 6.07) is 34.2. The smallest absolute Gasteiger partial charge is 0.402 e.